The van der Waals surface area contributed by atoms with E-state index in [-0.39, 0.29) is 19.4 Å². The van der Waals surface area contributed by atoms with Gasteiger partial charge in [-0.1, -0.05) is 37.0 Å². The Bertz CT molecular complexity index is 848. The number of esters is 2. The maximum absolute atomic E-state index is 11.9. The first-order valence-corrected chi connectivity index (χ1v) is 10.6. The molecule has 0 aliphatic carbocycles. The molecule has 0 saturated carbocycles. The minimum absolute atomic E-state index is 0.0388. The van der Waals surface area contributed by atoms with Gasteiger partial charge in [-0.2, -0.15) is 0 Å². The number of hydrogen-bond donors (Lipinski definition) is 1. The van der Waals surface area contributed by atoms with Gasteiger partial charge in [0.1, 0.15) is 19.4 Å². The van der Waals surface area contributed by atoms with Crippen LogP contribution in [-0.4, -0.2) is 42.8 Å². The number of carbonyl (C=O) groups excluding carboxylic acids is 2. The normalized spacial score (nSPS) is 12.0. The summed E-state index contributed by atoms with van der Waals surface area (Å²) >= 11 is 0. The van der Waals surface area contributed by atoms with E-state index in [1.165, 1.54) is 0 Å². The summed E-state index contributed by atoms with van der Waals surface area (Å²) in [6.07, 6.45) is -0.266. The highest BCUT2D eigenvalue weighted by molar-refractivity contribution is 7.47. The van der Waals surface area contributed by atoms with Gasteiger partial charge in [0.05, 0.1) is 13.2 Å². The van der Waals surface area contributed by atoms with E-state index in [2.05, 4.69) is 47.4 Å². The van der Waals surface area contributed by atoms with Gasteiger partial charge in [0.25, 0.3) is 0 Å². The molecule has 2 atom stereocenters. The van der Waals surface area contributed by atoms with E-state index in [1.54, 1.807) is 13.8 Å². The molecule has 30 heavy (non-hydrogen) atoms. The van der Waals surface area contributed by atoms with Crippen molar-refractivity contribution in [1.29, 1.82) is 0 Å². The number of phosphoric acid groups is 1. The lowest BCUT2D eigenvalue weighted by Crippen LogP contribution is -2.29. The quantitative estimate of drug-likeness (QED) is 0.215. The fourth-order valence-electron chi connectivity index (χ4n) is 1.57. The number of ether oxygens (including phenoxy) is 2. The Morgan fingerprint density at radius 3 is 2.10 bits per heavy atom. The Balaban J connectivity index is 4.83. The van der Waals surface area contributed by atoms with Gasteiger partial charge in [0.2, 0.25) is 0 Å². The largest absolute Gasteiger partial charge is 0.472 e. The second-order valence-electron chi connectivity index (χ2n) is 5.45. The van der Waals surface area contributed by atoms with Gasteiger partial charge in [-0.3, -0.25) is 18.6 Å². The number of carbonyl (C=O) groups is 2. The maximum Gasteiger partial charge on any atom is 0.472 e. The van der Waals surface area contributed by atoms with Crippen molar-refractivity contribution in [2.75, 3.05) is 19.8 Å². The molecule has 2 unspecified atom stereocenters. The molecule has 9 heteroatoms. The highest BCUT2D eigenvalue weighted by atomic mass is 31.2. The van der Waals surface area contributed by atoms with E-state index in [9.17, 15) is 19.0 Å². The topological polar surface area (TPSA) is 108 Å². The van der Waals surface area contributed by atoms with Crippen LogP contribution in [0.5, 0.6) is 0 Å². The first kappa shape index (κ1) is 27.3. The molecule has 1 N–H and O–H groups in total. The van der Waals surface area contributed by atoms with E-state index in [0.717, 1.165) is 6.42 Å². The summed E-state index contributed by atoms with van der Waals surface area (Å²) in [4.78, 5) is 33.2. The zero-order valence-corrected chi connectivity index (χ0v) is 18.2. The van der Waals surface area contributed by atoms with Crippen molar-refractivity contribution < 1.29 is 37.6 Å². The Labute approximate surface area is 177 Å². The molecule has 0 aliphatic rings. The van der Waals surface area contributed by atoms with E-state index in [4.69, 9.17) is 18.5 Å². The molecule has 0 radical (unpaired) electrons. The monoisotopic (exact) mass is 436 g/mol. The zero-order valence-electron chi connectivity index (χ0n) is 17.3. The van der Waals surface area contributed by atoms with E-state index in [0.29, 0.717) is 6.42 Å². The highest BCUT2D eigenvalue weighted by Crippen LogP contribution is 2.43. The molecular formula is C21H25O8P. The van der Waals surface area contributed by atoms with Gasteiger partial charge in [-0.15, -0.1) is 0 Å². The van der Waals surface area contributed by atoms with Gasteiger partial charge in [-0.25, -0.2) is 4.57 Å². The van der Waals surface area contributed by atoms with Crippen LogP contribution in [0, 0.1) is 47.4 Å². The van der Waals surface area contributed by atoms with Gasteiger partial charge in [-0.05, 0) is 44.0 Å². The van der Waals surface area contributed by atoms with Crippen molar-refractivity contribution >= 4 is 19.8 Å². The predicted octanol–water partition coefficient (Wildman–Crippen LogP) is 2.21. The van der Waals surface area contributed by atoms with Crippen molar-refractivity contribution in [1.82, 2.24) is 0 Å². The Morgan fingerprint density at radius 1 is 0.933 bits per heavy atom. The third-order valence-electron chi connectivity index (χ3n) is 2.92. The SMILES string of the molecule is CC#CC#CCC(=O)OCC(COP(=O)(O)OCCCC)OC(=O)CC#CC#CC. The summed E-state index contributed by atoms with van der Waals surface area (Å²) in [6.45, 7) is 4.22. The molecule has 0 fully saturated rings. The summed E-state index contributed by atoms with van der Waals surface area (Å²) in [5.74, 6) is 18.6. The van der Waals surface area contributed by atoms with Crippen LogP contribution in [0.25, 0.3) is 0 Å². The Kier molecular flexibility index (Phi) is 15.6. The molecule has 0 aromatic heterocycles. The third-order valence-corrected chi connectivity index (χ3v) is 3.91. The molecule has 162 valence electrons. The summed E-state index contributed by atoms with van der Waals surface area (Å²) < 4.78 is 31.6. The molecule has 0 aromatic carbocycles. The highest BCUT2D eigenvalue weighted by Gasteiger charge is 2.25. The van der Waals surface area contributed by atoms with Gasteiger partial charge in [0.15, 0.2) is 6.10 Å². The Hall–Kier alpha value is -2.71. The lowest BCUT2D eigenvalue weighted by atomic mass is 10.3. The van der Waals surface area contributed by atoms with Crippen LogP contribution in [0.4, 0.5) is 0 Å². The molecular weight excluding hydrogens is 411 g/mol. The van der Waals surface area contributed by atoms with E-state index < -0.39 is 39.1 Å². The number of phosphoric ester groups is 1. The van der Waals surface area contributed by atoms with Crippen molar-refractivity contribution in [3.05, 3.63) is 0 Å². The van der Waals surface area contributed by atoms with E-state index in [1.807, 2.05) is 6.92 Å². The second kappa shape index (κ2) is 17.2. The summed E-state index contributed by atoms with van der Waals surface area (Å²) in [6, 6.07) is 0. The van der Waals surface area contributed by atoms with Crippen molar-refractivity contribution in [3.63, 3.8) is 0 Å². The summed E-state index contributed by atoms with van der Waals surface area (Å²) in [5, 5.41) is 0. The molecule has 0 rings (SSSR count). The van der Waals surface area contributed by atoms with Crippen LogP contribution in [0.3, 0.4) is 0 Å². The maximum atomic E-state index is 11.9. The van der Waals surface area contributed by atoms with Crippen LogP contribution in [0.15, 0.2) is 0 Å². The van der Waals surface area contributed by atoms with Gasteiger partial charge >= 0.3 is 19.8 Å². The minimum atomic E-state index is -4.34. The first-order valence-electron chi connectivity index (χ1n) is 9.10. The summed E-state index contributed by atoms with van der Waals surface area (Å²) in [7, 11) is -4.34. The molecule has 0 heterocycles. The van der Waals surface area contributed by atoms with Crippen LogP contribution in [0.1, 0.15) is 46.5 Å². The van der Waals surface area contributed by atoms with Crippen LogP contribution < -0.4 is 0 Å². The number of rotatable bonds is 12. The molecule has 0 aliphatic heterocycles. The lowest BCUT2D eigenvalue weighted by molar-refractivity contribution is -0.159. The van der Waals surface area contributed by atoms with Crippen molar-refractivity contribution in [2.45, 2.75) is 52.6 Å². The van der Waals surface area contributed by atoms with Crippen molar-refractivity contribution in [3.8, 4) is 47.4 Å². The van der Waals surface area contributed by atoms with E-state index >= 15 is 0 Å². The fourth-order valence-corrected chi connectivity index (χ4v) is 2.35. The fraction of sp³-hybridized carbons (Fsp3) is 0.524. The molecule has 0 spiro atoms. The zero-order chi connectivity index (χ0) is 22.7. The van der Waals surface area contributed by atoms with Gasteiger partial charge < -0.3 is 14.4 Å². The molecule has 0 amide bonds. The van der Waals surface area contributed by atoms with Crippen LogP contribution in [0.2, 0.25) is 0 Å². The smallest absolute Gasteiger partial charge is 0.461 e. The lowest BCUT2D eigenvalue weighted by Gasteiger charge is -2.19. The minimum Gasteiger partial charge on any atom is -0.461 e. The van der Waals surface area contributed by atoms with Crippen LogP contribution >= 0.6 is 7.82 Å². The Morgan fingerprint density at radius 2 is 1.53 bits per heavy atom. The van der Waals surface area contributed by atoms with Crippen molar-refractivity contribution in [2.24, 2.45) is 0 Å². The summed E-state index contributed by atoms with van der Waals surface area (Å²) in [5.41, 5.74) is 0. The van der Waals surface area contributed by atoms with Gasteiger partial charge in [0, 0.05) is 0 Å². The average Bonchev–Trinajstić information content (AvgIpc) is 2.71. The number of unbranched alkanes of at least 4 members (excludes halogenated alkanes) is 1. The molecule has 0 aromatic rings. The molecule has 0 bridgehead atoms. The standard InChI is InChI=1S/C21H25O8P/c1-4-7-10-12-14-20(22)26-17-19(29-21(23)15-13-11-8-5-2)18-28-30(24,25)27-16-9-6-3/h19H,6,9,14-18H2,1-3H3,(H,24,25). The number of hydrogen-bond acceptors (Lipinski definition) is 7. The molecule has 8 nitrogen and oxygen atoms in total. The molecule has 0 saturated heterocycles. The van der Waals surface area contributed by atoms with Crippen LogP contribution in [-0.2, 0) is 32.7 Å². The predicted molar refractivity (Wildman–Crippen MR) is 109 cm³/mol. The first-order chi connectivity index (χ1) is 14.3. The second-order valence-corrected chi connectivity index (χ2v) is 6.91. The average molecular weight is 436 g/mol. The third kappa shape index (κ3) is 16.3.